The quantitative estimate of drug-likeness (QED) is 0.400. The molecule has 154 valence electrons. The summed E-state index contributed by atoms with van der Waals surface area (Å²) in [5, 5.41) is 5.15. The lowest BCUT2D eigenvalue weighted by Crippen LogP contribution is -2.33. The molecule has 0 spiro atoms. The third kappa shape index (κ3) is 9.16. The van der Waals surface area contributed by atoms with Crippen LogP contribution < -0.4 is 10.6 Å². The Labute approximate surface area is 165 Å². The molecule has 0 bridgehead atoms. The molecule has 0 radical (unpaired) electrons. The molecule has 0 saturated carbocycles. The van der Waals surface area contributed by atoms with Crippen molar-refractivity contribution in [1.82, 2.24) is 5.32 Å². The lowest BCUT2D eigenvalue weighted by molar-refractivity contribution is -0.153. The van der Waals surface area contributed by atoms with E-state index in [1.54, 1.807) is 45.0 Å². The predicted molar refractivity (Wildman–Crippen MR) is 104 cm³/mol. The number of ketones is 1. The number of carbonyl (C=O) groups is 4. The Morgan fingerprint density at radius 1 is 1.14 bits per heavy atom. The van der Waals surface area contributed by atoms with E-state index in [9.17, 15) is 19.2 Å². The van der Waals surface area contributed by atoms with E-state index in [1.807, 2.05) is 0 Å². The van der Waals surface area contributed by atoms with Crippen molar-refractivity contribution in [2.45, 2.75) is 59.2 Å². The predicted octanol–water partition coefficient (Wildman–Crippen LogP) is 3.06. The molecule has 0 heterocycles. The fourth-order valence-electron chi connectivity index (χ4n) is 2.11. The van der Waals surface area contributed by atoms with Crippen molar-refractivity contribution >= 4 is 29.4 Å². The van der Waals surface area contributed by atoms with Gasteiger partial charge in [-0.2, -0.15) is 0 Å². The van der Waals surface area contributed by atoms with E-state index in [-0.39, 0.29) is 18.7 Å². The number of rotatable bonds is 8. The highest BCUT2D eigenvalue weighted by molar-refractivity contribution is 5.98. The second-order valence-electron chi connectivity index (χ2n) is 7.29. The molecule has 2 amide bonds. The van der Waals surface area contributed by atoms with Gasteiger partial charge in [0.25, 0.3) is 5.91 Å². The SMILES string of the molecule is CC(=O)c1cccc(NC(=O)[C@H](C)OC(=O)CCCNC(=O)OC(C)(C)C)c1. The largest absolute Gasteiger partial charge is 0.453 e. The second kappa shape index (κ2) is 10.4. The number of alkyl carbamates (subject to hydrolysis) is 1. The molecule has 2 N–H and O–H groups in total. The summed E-state index contributed by atoms with van der Waals surface area (Å²) in [6.07, 6.45) is -1.14. The summed E-state index contributed by atoms with van der Waals surface area (Å²) in [5.74, 6) is -1.16. The fraction of sp³-hybridized carbons (Fsp3) is 0.500. The molecule has 1 aromatic rings. The van der Waals surface area contributed by atoms with E-state index in [0.717, 1.165) is 0 Å². The third-order valence-electron chi connectivity index (χ3n) is 3.44. The summed E-state index contributed by atoms with van der Waals surface area (Å²) < 4.78 is 10.2. The zero-order chi connectivity index (χ0) is 21.3. The molecule has 0 aliphatic rings. The normalized spacial score (nSPS) is 11.9. The molecule has 0 unspecified atom stereocenters. The van der Waals surface area contributed by atoms with Crippen molar-refractivity contribution in [3.8, 4) is 0 Å². The van der Waals surface area contributed by atoms with Crippen molar-refractivity contribution in [2.24, 2.45) is 0 Å². The first-order valence-electron chi connectivity index (χ1n) is 9.06. The highest BCUT2D eigenvalue weighted by atomic mass is 16.6. The minimum Gasteiger partial charge on any atom is -0.453 e. The molecule has 0 aliphatic carbocycles. The average molecular weight is 392 g/mol. The number of amides is 2. The Morgan fingerprint density at radius 2 is 1.82 bits per heavy atom. The monoisotopic (exact) mass is 392 g/mol. The number of ether oxygens (including phenoxy) is 2. The molecule has 1 aromatic carbocycles. The van der Waals surface area contributed by atoms with Crippen molar-refractivity contribution in [3.05, 3.63) is 29.8 Å². The molecule has 0 aromatic heterocycles. The van der Waals surface area contributed by atoms with Crippen LogP contribution in [-0.2, 0) is 19.1 Å². The minimum absolute atomic E-state index is 0.0488. The summed E-state index contributed by atoms with van der Waals surface area (Å²) in [6.45, 7) is 8.42. The number of hydrogen-bond acceptors (Lipinski definition) is 6. The van der Waals surface area contributed by atoms with Crippen LogP contribution in [0.25, 0.3) is 0 Å². The Bertz CT molecular complexity index is 724. The summed E-state index contributed by atoms with van der Waals surface area (Å²) in [6, 6.07) is 6.49. The Kier molecular flexibility index (Phi) is 8.63. The van der Waals surface area contributed by atoms with Crippen LogP contribution in [-0.4, -0.2) is 42.0 Å². The number of hydrogen-bond donors (Lipinski definition) is 2. The van der Waals surface area contributed by atoms with E-state index in [1.165, 1.54) is 13.8 Å². The van der Waals surface area contributed by atoms with Crippen molar-refractivity contribution in [2.75, 3.05) is 11.9 Å². The van der Waals surface area contributed by atoms with Gasteiger partial charge in [-0.1, -0.05) is 12.1 Å². The van der Waals surface area contributed by atoms with E-state index in [0.29, 0.717) is 17.7 Å². The first-order chi connectivity index (χ1) is 13.0. The molecule has 28 heavy (non-hydrogen) atoms. The van der Waals surface area contributed by atoms with Gasteiger partial charge in [0.2, 0.25) is 0 Å². The van der Waals surface area contributed by atoms with E-state index < -0.39 is 29.7 Å². The Hall–Kier alpha value is -2.90. The third-order valence-corrected chi connectivity index (χ3v) is 3.44. The molecule has 0 aliphatic heterocycles. The standard InChI is InChI=1S/C20H28N2O6/c1-13(23)15-8-6-9-16(12-15)22-18(25)14(2)27-17(24)10-7-11-21-19(26)28-20(3,4)5/h6,8-9,12,14H,7,10-11H2,1-5H3,(H,21,26)(H,22,25)/t14-/m0/s1. The molecule has 0 fully saturated rings. The number of anilines is 1. The van der Waals surface area contributed by atoms with Gasteiger partial charge in [0.15, 0.2) is 11.9 Å². The van der Waals surface area contributed by atoms with E-state index in [2.05, 4.69) is 10.6 Å². The topological polar surface area (TPSA) is 111 Å². The molecular weight excluding hydrogens is 364 g/mol. The highest BCUT2D eigenvalue weighted by Gasteiger charge is 2.19. The van der Waals surface area contributed by atoms with Gasteiger partial charge in [0, 0.05) is 24.2 Å². The van der Waals surface area contributed by atoms with Crippen LogP contribution in [0.1, 0.15) is 57.8 Å². The van der Waals surface area contributed by atoms with Gasteiger partial charge in [-0.3, -0.25) is 14.4 Å². The maximum absolute atomic E-state index is 12.1. The van der Waals surface area contributed by atoms with E-state index >= 15 is 0 Å². The second-order valence-corrected chi connectivity index (χ2v) is 7.29. The van der Waals surface area contributed by atoms with Crippen LogP contribution in [0.5, 0.6) is 0 Å². The molecule has 8 heteroatoms. The summed E-state index contributed by atoms with van der Waals surface area (Å²) in [5.41, 5.74) is 0.331. The maximum atomic E-state index is 12.1. The van der Waals surface area contributed by atoms with Crippen molar-refractivity contribution in [3.63, 3.8) is 0 Å². The van der Waals surface area contributed by atoms with Gasteiger partial charge in [0.05, 0.1) is 0 Å². The highest BCUT2D eigenvalue weighted by Crippen LogP contribution is 2.12. The summed E-state index contributed by atoms with van der Waals surface area (Å²) in [4.78, 5) is 46.8. The molecule has 0 saturated heterocycles. The van der Waals surface area contributed by atoms with Gasteiger partial charge in [-0.15, -0.1) is 0 Å². The maximum Gasteiger partial charge on any atom is 0.407 e. The smallest absolute Gasteiger partial charge is 0.407 e. The Balaban J connectivity index is 2.35. The van der Waals surface area contributed by atoms with Gasteiger partial charge in [-0.05, 0) is 53.2 Å². The number of benzene rings is 1. The fourth-order valence-corrected chi connectivity index (χ4v) is 2.11. The van der Waals surface area contributed by atoms with Crippen LogP contribution in [0.4, 0.5) is 10.5 Å². The van der Waals surface area contributed by atoms with Gasteiger partial charge < -0.3 is 20.1 Å². The first kappa shape index (κ1) is 23.1. The lowest BCUT2D eigenvalue weighted by atomic mass is 10.1. The van der Waals surface area contributed by atoms with E-state index in [4.69, 9.17) is 9.47 Å². The number of Topliss-reactive ketones (excluding diaryl/α,β-unsaturated/α-hetero) is 1. The van der Waals surface area contributed by atoms with Crippen molar-refractivity contribution in [1.29, 1.82) is 0 Å². The van der Waals surface area contributed by atoms with Crippen LogP contribution in [0.15, 0.2) is 24.3 Å². The molecular formula is C20H28N2O6. The van der Waals surface area contributed by atoms with Gasteiger partial charge in [0.1, 0.15) is 5.60 Å². The van der Waals surface area contributed by atoms with Crippen molar-refractivity contribution < 1.29 is 28.7 Å². The Morgan fingerprint density at radius 3 is 2.43 bits per heavy atom. The lowest BCUT2D eigenvalue weighted by Gasteiger charge is -2.19. The number of esters is 1. The number of carbonyl (C=O) groups excluding carboxylic acids is 4. The molecule has 1 rings (SSSR count). The average Bonchev–Trinajstić information content (AvgIpc) is 2.57. The minimum atomic E-state index is -0.993. The van der Waals surface area contributed by atoms with Crippen LogP contribution in [0.3, 0.4) is 0 Å². The zero-order valence-corrected chi connectivity index (χ0v) is 17.0. The van der Waals surface area contributed by atoms with Crippen LogP contribution in [0.2, 0.25) is 0 Å². The number of nitrogens with one attached hydrogen (secondary N) is 2. The van der Waals surface area contributed by atoms with Crippen LogP contribution in [0, 0.1) is 0 Å². The van der Waals surface area contributed by atoms with Crippen LogP contribution >= 0.6 is 0 Å². The summed E-state index contributed by atoms with van der Waals surface area (Å²) >= 11 is 0. The zero-order valence-electron chi connectivity index (χ0n) is 17.0. The molecule has 8 nitrogen and oxygen atoms in total. The van der Waals surface area contributed by atoms with Gasteiger partial charge in [-0.25, -0.2) is 4.79 Å². The summed E-state index contributed by atoms with van der Waals surface area (Å²) in [7, 11) is 0. The van der Waals surface area contributed by atoms with Gasteiger partial charge >= 0.3 is 12.1 Å². The first-order valence-corrected chi connectivity index (χ1v) is 9.06. The molecule has 1 atom stereocenters.